The second-order valence-corrected chi connectivity index (χ2v) is 9.07. The number of methoxy groups -OCH3 is 1. The van der Waals surface area contributed by atoms with Crippen LogP contribution in [0.4, 0.5) is 0 Å². The van der Waals surface area contributed by atoms with Gasteiger partial charge in [-0.2, -0.15) is 0 Å². The van der Waals surface area contributed by atoms with Crippen molar-refractivity contribution < 1.29 is 14.3 Å². The van der Waals surface area contributed by atoms with Gasteiger partial charge >= 0.3 is 0 Å². The van der Waals surface area contributed by atoms with Crippen LogP contribution in [0.25, 0.3) is 0 Å². The predicted molar refractivity (Wildman–Crippen MR) is 118 cm³/mol. The Bertz CT molecular complexity index is 690. The highest BCUT2D eigenvalue weighted by atomic mass is 16.5. The molecule has 1 heterocycles. The number of carbonyl (C=O) groups excluding carboxylic acids is 2. The topological polar surface area (TPSA) is 61.9 Å². The summed E-state index contributed by atoms with van der Waals surface area (Å²) in [6.45, 7) is 7.89. The zero-order chi connectivity index (χ0) is 21.5. The highest BCUT2D eigenvalue weighted by Gasteiger charge is 2.37. The molecule has 1 unspecified atom stereocenters. The van der Waals surface area contributed by atoms with Gasteiger partial charge in [0.05, 0.1) is 19.6 Å². The van der Waals surface area contributed by atoms with Crippen LogP contribution in [0.15, 0.2) is 24.3 Å². The summed E-state index contributed by atoms with van der Waals surface area (Å²) in [4.78, 5) is 30.0. The van der Waals surface area contributed by atoms with E-state index in [4.69, 9.17) is 4.74 Å². The maximum atomic E-state index is 13.0. The number of nitrogens with zero attached hydrogens (tertiary/aromatic N) is 2. The number of carbonyl (C=O) groups is 2. The Kier molecular flexibility index (Phi) is 8.14. The molecule has 2 aliphatic rings. The highest BCUT2D eigenvalue weighted by molar-refractivity contribution is 5.82. The van der Waals surface area contributed by atoms with Crippen LogP contribution in [0.3, 0.4) is 0 Å². The first-order chi connectivity index (χ1) is 14.5. The average Bonchev–Trinajstić information content (AvgIpc) is 3.27. The molecule has 0 bridgehead atoms. The smallest absolute Gasteiger partial charge is 0.237 e. The first kappa shape index (κ1) is 22.6. The third-order valence-corrected chi connectivity index (χ3v) is 6.37. The normalized spacial score (nSPS) is 19.1. The molecular weight excluding hydrogens is 378 g/mol. The maximum absolute atomic E-state index is 13.0. The second kappa shape index (κ2) is 10.8. The number of ether oxygens (including phenoxy) is 1. The van der Waals surface area contributed by atoms with E-state index in [1.807, 2.05) is 29.2 Å². The molecule has 1 aliphatic heterocycles. The van der Waals surface area contributed by atoms with Gasteiger partial charge in [0.25, 0.3) is 0 Å². The van der Waals surface area contributed by atoms with Gasteiger partial charge < -0.3 is 15.0 Å². The first-order valence-corrected chi connectivity index (χ1v) is 11.4. The lowest BCUT2D eigenvalue weighted by Gasteiger charge is -2.41. The van der Waals surface area contributed by atoms with Crippen LogP contribution in [-0.4, -0.2) is 67.5 Å². The van der Waals surface area contributed by atoms with Gasteiger partial charge in [-0.3, -0.25) is 14.5 Å². The van der Waals surface area contributed by atoms with E-state index in [2.05, 4.69) is 24.1 Å². The van der Waals surface area contributed by atoms with E-state index >= 15 is 0 Å². The van der Waals surface area contributed by atoms with Gasteiger partial charge in [0.1, 0.15) is 5.75 Å². The minimum Gasteiger partial charge on any atom is -0.497 e. The molecule has 1 atom stereocenters. The SMILES string of the molecule is COc1ccc(CC(=O)N2CCN(C(C(=O)NCC(C)C)C3CCCC3)CC2)cc1. The molecule has 6 nitrogen and oxygen atoms in total. The minimum atomic E-state index is -0.0508. The molecule has 1 saturated carbocycles. The summed E-state index contributed by atoms with van der Waals surface area (Å²) < 4.78 is 5.18. The summed E-state index contributed by atoms with van der Waals surface area (Å²) in [6, 6.07) is 7.63. The van der Waals surface area contributed by atoms with Gasteiger partial charge in [-0.15, -0.1) is 0 Å². The van der Waals surface area contributed by atoms with Crippen LogP contribution in [0, 0.1) is 11.8 Å². The number of hydrogen-bond acceptors (Lipinski definition) is 4. The lowest BCUT2D eigenvalue weighted by molar-refractivity contribution is -0.134. The molecule has 2 amide bonds. The van der Waals surface area contributed by atoms with Gasteiger partial charge in [-0.1, -0.05) is 38.8 Å². The largest absolute Gasteiger partial charge is 0.497 e. The third-order valence-electron chi connectivity index (χ3n) is 6.37. The maximum Gasteiger partial charge on any atom is 0.237 e. The number of piperazine rings is 1. The van der Waals surface area contributed by atoms with Crippen molar-refractivity contribution >= 4 is 11.8 Å². The fourth-order valence-corrected chi connectivity index (χ4v) is 4.64. The zero-order valence-corrected chi connectivity index (χ0v) is 18.7. The molecule has 1 aliphatic carbocycles. The van der Waals surface area contributed by atoms with E-state index in [1.165, 1.54) is 12.8 Å². The first-order valence-electron chi connectivity index (χ1n) is 11.4. The summed E-state index contributed by atoms with van der Waals surface area (Å²) >= 11 is 0. The summed E-state index contributed by atoms with van der Waals surface area (Å²) in [6.07, 6.45) is 5.12. The number of nitrogens with one attached hydrogen (secondary N) is 1. The molecule has 3 rings (SSSR count). The monoisotopic (exact) mass is 415 g/mol. The van der Waals surface area contributed by atoms with Gasteiger partial charge in [0.15, 0.2) is 0 Å². The molecule has 2 fully saturated rings. The molecular formula is C24H37N3O3. The van der Waals surface area contributed by atoms with E-state index in [0.29, 0.717) is 31.3 Å². The Labute approximate surface area is 180 Å². The molecule has 30 heavy (non-hydrogen) atoms. The fraction of sp³-hybridized carbons (Fsp3) is 0.667. The average molecular weight is 416 g/mol. The van der Waals surface area contributed by atoms with Crippen molar-refractivity contribution in [1.82, 2.24) is 15.1 Å². The highest BCUT2D eigenvalue weighted by Crippen LogP contribution is 2.31. The van der Waals surface area contributed by atoms with Gasteiger partial charge in [0, 0.05) is 32.7 Å². The molecule has 0 radical (unpaired) electrons. The van der Waals surface area contributed by atoms with Crippen molar-refractivity contribution in [3.8, 4) is 5.75 Å². The predicted octanol–water partition coefficient (Wildman–Crippen LogP) is 2.71. The van der Waals surface area contributed by atoms with Crippen molar-refractivity contribution in [1.29, 1.82) is 0 Å². The Morgan fingerprint density at radius 1 is 1.07 bits per heavy atom. The molecule has 166 valence electrons. The van der Waals surface area contributed by atoms with Crippen LogP contribution < -0.4 is 10.1 Å². The number of amides is 2. The van der Waals surface area contributed by atoms with E-state index in [9.17, 15) is 9.59 Å². The van der Waals surface area contributed by atoms with E-state index in [0.717, 1.165) is 43.8 Å². The van der Waals surface area contributed by atoms with Crippen LogP contribution in [0.1, 0.15) is 45.1 Å². The molecule has 1 N–H and O–H groups in total. The molecule has 1 aromatic rings. The number of benzene rings is 1. The molecule has 1 aromatic carbocycles. The standard InChI is InChI=1S/C24H37N3O3/c1-18(2)17-25-24(29)23(20-6-4-5-7-20)27-14-12-26(13-15-27)22(28)16-19-8-10-21(30-3)11-9-19/h8-11,18,20,23H,4-7,12-17H2,1-3H3,(H,25,29). The third kappa shape index (κ3) is 5.97. The Balaban J connectivity index is 1.55. The Morgan fingerprint density at radius 3 is 2.27 bits per heavy atom. The lowest BCUT2D eigenvalue weighted by atomic mass is 9.94. The van der Waals surface area contributed by atoms with Crippen LogP contribution >= 0.6 is 0 Å². The summed E-state index contributed by atoms with van der Waals surface area (Å²) in [5, 5.41) is 3.16. The summed E-state index contributed by atoms with van der Waals surface area (Å²) in [5.41, 5.74) is 1.00. The van der Waals surface area contributed by atoms with Crippen LogP contribution in [-0.2, 0) is 16.0 Å². The molecule has 1 saturated heterocycles. The van der Waals surface area contributed by atoms with E-state index in [-0.39, 0.29) is 17.9 Å². The molecule has 0 spiro atoms. The van der Waals surface area contributed by atoms with Crippen LogP contribution in [0.2, 0.25) is 0 Å². The lowest BCUT2D eigenvalue weighted by Crippen LogP contribution is -2.58. The molecule has 6 heteroatoms. The van der Waals surface area contributed by atoms with Crippen molar-refractivity contribution in [3.05, 3.63) is 29.8 Å². The van der Waals surface area contributed by atoms with Crippen LogP contribution in [0.5, 0.6) is 5.75 Å². The second-order valence-electron chi connectivity index (χ2n) is 9.07. The van der Waals surface area contributed by atoms with Gasteiger partial charge in [-0.05, 0) is 42.4 Å². The Morgan fingerprint density at radius 2 is 1.70 bits per heavy atom. The van der Waals surface area contributed by atoms with Crippen molar-refractivity contribution in [3.63, 3.8) is 0 Å². The van der Waals surface area contributed by atoms with Gasteiger partial charge in [-0.25, -0.2) is 0 Å². The van der Waals surface area contributed by atoms with E-state index in [1.54, 1.807) is 7.11 Å². The van der Waals surface area contributed by atoms with Gasteiger partial charge in [0.2, 0.25) is 11.8 Å². The van der Waals surface area contributed by atoms with E-state index < -0.39 is 0 Å². The number of rotatable bonds is 8. The van der Waals surface area contributed by atoms with Crippen molar-refractivity contribution in [2.24, 2.45) is 11.8 Å². The summed E-state index contributed by atoms with van der Waals surface area (Å²) in [7, 11) is 1.64. The molecule has 0 aromatic heterocycles. The Hall–Kier alpha value is -2.08. The fourth-order valence-electron chi connectivity index (χ4n) is 4.64. The summed E-state index contributed by atoms with van der Waals surface area (Å²) in [5.74, 6) is 2.02. The number of hydrogen-bond donors (Lipinski definition) is 1. The van der Waals surface area contributed by atoms with Crippen molar-refractivity contribution in [2.45, 2.75) is 52.0 Å². The zero-order valence-electron chi connectivity index (χ0n) is 18.7. The van der Waals surface area contributed by atoms with Crippen molar-refractivity contribution in [2.75, 3.05) is 39.8 Å². The quantitative estimate of drug-likeness (QED) is 0.709. The minimum absolute atomic E-state index is 0.0508.